The lowest BCUT2D eigenvalue weighted by Crippen LogP contribution is -2.24. The van der Waals surface area contributed by atoms with Crippen LogP contribution in [0.15, 0.2) is 12.1 Å². The third kappa shape index (κ3) is 3.13. The van der Waals surface area contributed by atoms with E-state index in [-0.39, 0.29) is 5.02 Å². The number of carbonyl (C=O) groups is 1. The highest BCUT2D eigenvalue weighted by molar-refractivity contribution is 6.44. The fourth-order valence-electron chi connectivity index (χ4n) is 1.14. The van der Waals surface area contributed by atoms with Gasteiger partial charge in [-0.15, -0.1) is 0 Å². The minimum absolute atomic E-state index is 0.246. The molecule has 16 heavy (non-hydrogen) atoms. The van der Waals surface area contributed by atoms with Gasteiger partial charge >= 0.3 is 5.97 Å². The highest BCUT2D eigenvalue weighted by Gasteiger charge is 2.21. The first-order valence-corrected chi connectivity index (χ1v) is 5.66. The molecular formula is C12H14Cl2O2. The molecule has 0 aromatic heterocycles. The second-order valence-corrected chi connectivity index (χ2v) is 5.32. The van der Waals surface area contributed by atoms with Gasteiger partial charge in [0, 0.05) is 0 Å². The molecule has 0 aliphatic carbocycles. The van der Waals surface area contributed by atoms with Crippen molar-refractivity contribution in [2.24, 2.45) is 0 Å². The van der Waals surface area contributed by atoms with Crippen molar-refractivity contribution in [2.45, 2.75) is 33.3 Å². The van der Waals surface area contributed by atoms with E-state index in [1.165, 1.54) is 0 Å². The molecule has 0 saturated heterocycles. The van der Waals surface area contributed by atoms with Crippen molar-refractivity contribution in [1.29, 1.82) is 0 Å². The Labute approximate surface area is 106 Å². The van der Waals surface area contributed by atoms with Crippen molar-refractivity contribution in [3.05, 3.63) is 33.3 Å². The van der Waals surface area contributed by atoms with Gasteiger partial charge in [-0.05, 0) is 39.3 Å². The Morgan fingerprint density at radius 3 is 2.25 bits per heavy atom. The smallest absolute Gasteiger partial charge is 0.340 e. The quantitative estimate of drug-likeness (QED) is 0.706. The van der Waals surface area contributed by atoms with Gasteiger partial charge in [-0.25, -0.2) is 4.79 Å². The Morgan fingerprint density at radius 1 is 1.19 bits per heavy atom. The van der Waals surface area contributed by atoms with E-state index in [1.54, 1.807) is 32.9 Å². The maximum atomic E-state index is 11.8. The number of esters is 1. The molecule has 0 atom stereocenters. The fourth-order valence-corrected chi connectivity index (χ4v) is 1.59. The summed E-state index contributed by atoms with van der Waals surface area (Å²) in [7, 11) is 0. The summed E-state index contributed by atoms with van der Waals surface area (Å²) < 4.78 is 5.22. The van der Waals surface area contributed by atoms with Crippen molar-refractivity contribution < 1.29 is 9.53 Å². The summed E-state index contributed by atoms with van der Waals surface area (Å²) in [6.45, 7) is 7.23. The van der Waals surface area contributed by atoms with E-state index >= 15 is 0 Å². The molecule has 1 aromatic rings. The van der Waals surface area contributed by atoms with Crippen molar-refractivity contribution in [2.75, 3.05) is 0 Å². The molecule has 0 aliphatic heterocycles. The Bertz CT molecular complexity index is 420. The zero-order valence-electron chi connectivity index (χ0n) is 9.73. The van der Waals surface area contributed by atoms with E-state index in [2.05, 4.69) is 0 Å². The highest BCUT2D eigenvalue weighted by atomic mass is 35.5. The van der Waals surface area contributed by atoms with Crippen molar-refractivity contribution >= 4 is 29.2 Å². The summed E-state index contributed by atoms with van der Waals surface area (Å²) in [5.74, 6) is -0.459. The van der Waals surface area contributed by atoms with E-state index in [1.807, 2.05) is 6.92 Å². The predicted octanol–water partition coefficient (Wildman–Crippen LogP) is 4.26. The van der Waals surface area contributed by atoms with Crippen LogP contribution in [0.5, 0.6) is 0 Å². The van der Waals surface area contributed by atoms with Gasteiger partial charge in [-0.1, -0.05) is 29.3 Å². The first-order valence-electron chi connectivity index (χ1n) is 4.90. The zero-order chi connectivity index (χ0) is 12.5. The van der Waals surface area contributed by atoms with Gasteiger partial charge in [0.2, 0.25) is 0 Å². The number of hydrogen-bond donors (Lipinski definition) is 0. The average Bonchev–Trinajstić information content (AvgIpc) is 2.11. The van der Waals surface area contributed by atoms with E-state index in [0.29, 0.717) is 10.6 Å². The first-order chi connectivity index (χ1) is 7.22. The summed E-state index contributed by atoms with van der Waals surface area (Å²) >= 11 is 11.9. The molecule has 0 aliphatic rings. The van der Waals surface area contributed by atoms with E-state index < -0.39 is 11.6 Å². The van der Waals surface area contributed by atoms with Crippen LogP contribution in [0.4, 0.5) is 0 Å². The molecular weight excluding hydrogens is 247 g/mol. The molecule has 0 bridgehead atoms. The number of hydrogen-bond acceptors (Lipinski definition) is 2. The highest BCUT2D eigenvalue weighted by Crippen LogP contribution is 2.30. The summed E-state index contributed by atoms with van der Waals surface area (Å²) in [5, 5.41) is 0.640. The van der Waals surface area contributed by atoms with E-state index in [9.17, 15) is 4.79 Å². The van der Waals surface area contributed by atoms with Crippen LogP contribution in [0, 0.1) is 6.92 Å². The lowest BCUT2D eigenvalue weighted by atomic mass is 10.1. The van der Waals surface area contributed by atoms with Crippen LogP contribution >= 0.6 is 23.2 Å². The number of rotatable bonds is 1. The van der Waals surface area contributed by atoms with Crippen LogP contribution in [-0.4, -0.2) is 11.6 Å². The third-order valence-corrected chi connectivity index (χ3v) is 2.87. The topological polar surface area (TPSA) is 26.3 Å². The molecule has 0 radical (unpaired) electrons. The molecule has 4 heteroatoms. The molecule has 0 spiro atoms. The number of ether oxygens (including phenoxy) is 1. The van der Waals surface area contributed by atoms with E-state index in [0.717, 1.165) is 5.56 Å². The Hall–Kier alpha value is -0.730. The summed E-state index contributed by atoms with van der Waals surface area (Å²) in [5.41, 5.74) is 0.587. The molecule has 1 rings (SSSR count). The summed E-state index contributed by atoms with van der Waals surface area (Å²) in [4.78, 5) is 11.8. The molecule has 2 nitrogen and oxygen atoms in total. The van der Waals surface area contributed by atoms with Gasteiger partial charge < -0.3 is 4.74 Å². The molecule has 0 amide bonds. The SMILES string of the molecule is Cc1ccc(C(=O)OC(C)(C)C)c(Cl)c1Cl. The van der Waals surface area contributed by atoms with Crippen LogP contribution < -0.4 is 0 Å². The van der Waals surface area contributed by atoms with Gasteiger partial charge in [-0.2, -0.15) is 0 Å². The molecule has 0 unspecified atom stereocenters. The average molecular weight is 261 g/mol. The number of benzene rings is 1. The van der Waals surface area contributed by atoms with E-state index in [4.69, 9.17) is 27.9 Å². The van der Waals surface area contributed by atoms with Gasteiger partial charge in [0.1, 0.15) is 5.60 Å². The predicted molar refractivity (Wildman–Crippen MR) is 66.4 cm³/mol. The standard InChI is InChI=1S/C12H14Cl2O2/c1-7-5-6-8(10(14)9(7)13)11(15)16-12(2,3)4/h5-6H,1-4H3. The largest absolute Gasteiger partial charge is 0.456 e. The van der Waals surface area contributed by atoms with Crippen LogP contribution in [-0.2, 0) is 4.74 Å². The van der Waals surface area contributed by atoms with Gasteiger partial charge in [0.15, 0.2) is 0 Å². The first kappa shape index (κ1) is 13.3. The van der Waals surface area contributed by atoms with Crippen molar-refractivity contribution in [3.63, 3.8) is 0 Å². The van der Waals surface area contributed by atoms with Crippen LogP contribution in [0.3, 0.4) is 0 Å². The third-order valence-electron chi connectivity index (χ3n) is 1.89. The van der Waals surface area contributed by atoms with Gasteiger partial charge in [0.25, 0.3) is 0 Å². The second kappa shape index (κ2) is 4.64. The second-order valence-electron chi connectivity index (χ2n) is 4.56. The normalized spacial score (nSPS) is 11.4. The maximum Gasteiger partial charge on any atom is 0.340 e. The minimum Gasteiger partial charge on any atom is -0.456 e. The van der Waals surface area contributed by atoms with Crippen molar-refractivity contribution in [3.8, 4) is 0 Å². The zero-order valence-corrected chi connectivity index (χ0v) is 11.2. The number of carbonyl (C=O) groups excluding carboxylic acids is 1. The Morgan fingerprint density at radius 2 is 1.75 bits per heavy atom. The van der Waals surface area contributed by atoms with Crippen LogP contribution in [0.2, 0.25) is 10.0 Å². The lowest BCUT2D eigenvalue weighted by Gasteiger charge is -2.20. The minimum atomic E-state index is -0.544. The Balaban J connectivity index is 3.06. The summed E-state index contributed by atoms with van der Waals surface area (Å²) in [6, 6.07) is 3.37. The molecule has 88 valence electrons. The molecule has 0 N–H and O–H groups in total. The van der Waals surface area contributed by atoms with Crippen molar-refractivity contribution in [1.82, 2.24) is 0 Å². The summed E-state index contributed by atoms with van der Waals surface area (Å²) in [6.07, 6.45) is 0. The maximum absolute atomic E-state index is 11.8. The lowest BCUT2D eigenvalue weighted by molar-refractivity contribution is 0.00698. The fraction of sp³-hybridized carbons (Fsp3) is 0.417. The van der Waals surface area contributed by atoms with Crippen LogP contribution in [0.1, 0.15) is 36.7 Å². The molecule has 0 fully saturated rings. The van der Waals surface area contributed by atoms with Gasteiger partial charge in [-0.3, -0.25) is 0 Å². The monoisotopic (exact) mass is 260 g/mol. The number of halogens is 2. The Kier molecular flexibility index (Phi) is 3.87. The van der Waals surface area contributed by atoms with Crippen LogP contribution in [0.25, 0.3) is 0 Å². The molecule has 0 heterocycles. The number of aryl methyl sites for hydroxylation is 1. The molecule has 1 aromatic carbocycles. The van der Waals surface area contributed by atoms with Gasteiger partial charge in [0.05, 0.1) is 15.6 Å². The molecule has 0 saturated carbocycles.